The maximum absolute atomic E-state index is 4.41. The molecule has 0 aliphatic carbocycles. The van der Waals surface area contributed by atoms with Crippen molar-refractivity contribution < 1.29 is 0 Å². The average molecular weight is 382 g/mol. The molecule has 0 bridgehead atoms. The van der Waals surface area contributed by atoms with E-state index in [1.165, 1.54) is 32.3 Å². The minimum Gasteiger partial charge on any atom is -0.254 e. The number of hydrogen-bond acceptors (Lipinski definition) is 2. The molecular weight excluding hydrogens is 364 g/mol. The predicted octanol–water partition coefficient (Wildman–Crippen LogP) is 5.54. The van der Waals surface area contributed by atoms with Crippen LogP contribution in [0.2, 0.25) is 0 Å². The van der Waals surface area contributed by atoms with Crippen LogP contribution in [-0.2, 0) is 0 Å². The van der Waals surface area contributed by atoms with E-state index in [1.54, 1.807) is 6.21 Å². The van der Waals surface area contributed by atoms with E-state index in [4.69, 9.17) is 0 Å². The van der Waals surface area contributed by atoms with Crippen LogP contribution < -0.4 is 10.6 Å². The van der Waals surface area contributed by atoms with Gasteiger partial charge in [-0.2, -0.15) is 0 Å². The molecule has 0 saturated carbocycles. The van der Waals surface area contributed by atoms with E-state index in [9.17, 15) is 0 Å². The van der Waals surface area contributed by atoms with E-state index in [0.29, 0.717) is 0 Å². The molecule has 0 saturated heterocycles. The normalized spacial score (nSPS) is 13.6. The Morgan fingerprint density at radius 2 is 1.00 bits per heavy atom. The molecule has 2 heteroatoms. The maximum atomic E-state index is 4.41. The lowest BCUT2D eigenvalue weighted by molar-refractivity contribution is 1.32. The molecule has 0 unspecified atom stereocenters. The first-order valence-corrected chi connectivity index (χ1v) is 10.1. The number of fused-ring (bicyclic) bond motifs is 5. The highest BCUT2D eigenvalue weighted by molar-refractivity contribution is 6.04. The van der Waals surface area contributed by atoms with Crippen LogP contribution in [-0.4, -0.2) is 6.21 Å². The summed E-state index contributed by atoms with van der Waals surface area (Å²) < 4.78 is 0. The van der Waals surface area contributed by atoms with Crippen molar-refractivity contribution in [2.24, 2.45) is 9.98 Å². The second kappa shape index (κ2) is 6.78. The maximum Gasteiger partial charge on any atom is 0.0980 e. The van der Waals surface area contributed by atoms with Crippen LogP contribution in [0.15, 0.2) is 119 Å². The van der Waals surface area contributed by atoms with Crippen molar-refractivity contribution in [2.45, 2.75) is 0 Å². The molecule has 2 aliphatic rings. The van der Waals surface area contributed by atoms with Crippen LogP contribution in [0.25, 0.3) is 38.0 Å². The van der Waals surface area contributed by atoms with Gasteiger partial charge in [-0.15, -0.1) is 0 Å². The topological polar surface area (TPSA) is 24.7 Å². The average Bonchev–Trinajstić information content (AvgIpc) is 3.38. The lowest BCUT2D eigenvalue weighted by atomic mass is 10.00. The van der Waals surface area contributed by atoms with Crippen molar-refractivity contribution >= 4 is 44.2 Å². The van der Waals surface area contributed by atoms with Crippen molar-refractivity contribution in [3.05, 3.63) is 119 Å². The molecule has 140 valence electrons. The second-order valence-corrected chi connectivity index (χ2v) is 7.55. The summed E-state index contributed by atoms with van der Waals surface area (Å²) in [4.78, 5) is 8.66. The van der Waals surface area contributed by atoms with Gasteiger partial charge in [0.1, 0.15) is 0 Å². The fourth-order valence-corrected chi connectivity index (χ4v) is 4.16. The van der Waals surface area contributed by atoms with Gasteiger partial charge in [-0.05, 0) is 68.7 Å². The van der Waals surface area contributed by atoms with Crippen LogP contribution in [0, 0.1) is 0 Å². The summed E-state index contributed by atoms with van der Waals surface area (Å²) in [5, 5.41) is 10.0. The molecule has 7 rings (SSSR count). The number of benzene rings is 5. The van der Waals surface area contributed by atoms with E-state index in [0.717, 1.165) is 22.0 Å². The molecule has 5 aromatic rings. The van der Waals surface area contributed by atoms with Gasteiger partial charge in [0.25, 0.3) is 0 Å². The molecule has 0 amide bonds. The van der Waals surface area contributed by atoms with Gasteiger partial charge < -0.3 is 0 Å². The van der Waals surface area contributed by atoms with Crippen LogP contribution in [0.5, 0.6) is 0 Å². The Balaban J connectivity index is 0.000000126. The summed E-state index contributed by atoms with van der Waals surface area (Å²) in [6, 6.07) is 34.2. The first-order chi connectivity index (χ1) is 14.8. The van der Waals surface area contributed by atoms with E-state index < -0.39 is 0 Å². The number of para-hydroxylation sites is 1. The summed E-state index contributed by atoms with van der Waals surface area (Å²) in [5.74, 6) is 0. The zero-order valence-electron chi connectivity index (χ0n) is 16.3. The summed E-state index contributed by atoms with van der Waals surface area (Å²) in [7, 11) is 0. The van der Waals surface area contributed by atoms with E-state index in [2.05, 4.69) is 88.8 Å². The van der Waals surface area contributed by atoms with Gasteiger partial charge in [0.15, 0.2) is 0 Å². The van der Waals surface area contributed by atoms with Gasteiger partial charge in [0, 0.05) is 11.4 Å². The summed E-state index contributed by atoms with van der Waals surface area (Å²) in [6.07, 6.45) is 3.74. The number of rotatable bonds is 0. The Bertz CT molecular complexity index is 1490. The highest BCUT2D eigenvalue weighted by Gasteiger charge is 2.13. The number of nitrogens with zero attached hydrogens (tertiary/aromatic N) is 2. The molecule has 2 nitrogen and oxygen atoms in total. The Morgan fingerprint density at radius 3 is 1.57 bits per heavy atom. The Hall–Kier alpha value is -4.04. The van der Waals surface area contributed by atoms with Gasteiger partial charge in [0.2, 0.25) is 0 Å². The van der Waals surface area contributed by atoms with Gasteiger partial charge in [-0.3, -0.25) is 4.99 Å². The van der Waals surface area contributed by atoms with Crippen molar-refractivity contribution in [3.63, 3.8) is 0 Å². The highest BCUT2D eigenvalue weighted by Crippen LogP contribution is 2.27. The number of hydrogen-bond donors (Lipinski definition) is 0. The van der Waals surface area contributed by atoms with Crippen LogP contribution in [0.1, 0.15) is 0 Å². The molecule has 2 heterocycles. The largest absolute Gasteiger partial charge is 0.254 e. The fraction of sp³-hybridized carbons (Fsp3) is 0. The third-order valence-electron chi connectivity index (χ3n) is 5.65. The lowest BCUT2D eigenvalue weighted by Gasteiger charge is -2.04. The van der Waals surface area contributed by atoms with E-state index in [1.807, 2.05) is 24.3 Å². The second-order valence-electron chi connectivity index (χ2n) is 7.55. The van der Waals surface area contributed by atoms with Crippen molar-refractivity contribution in [1.82, 2.24) is 0 Å². The van der Waals surface area contributed by atoms with Crippen molar-refractivity contribution in [2.75, 3.05) is 0 Å². The highest BCUT2D eigenvalue weighted by atomic mass is 14.9. The molecular formula is C28H18N2. The zero-order chi connectivity index (χ0) is 19.9. The molecule has 5 aromatic carbocycles. The SMILES string of the molecule is C1=NC2=c3ccccc3=NC2=C1.c1ccc2cc3cc4ccccc4cc3cc2c1. The Labute approximate surface area is 173 Å². The minimum absolute atomic E-state index is 0.996. The summed E-state index contributed by atoms with van der Waals surface area (Å²) >= 11 is 0. The molecule has 0 radical (unpaired) electrons. The van der Waals surface area contributed by atoms with Gasteiger partial charge >= 0.3 is 0 Å². The first kappa shape index (κ1) is 16.9. The lowest BCUT2D eigenvalue weighted by Crippen LogP contribution is -2.21. The van der Waals surface area contributed by atoms with Crippen LogP contribution in [0.3, 0.4) is 0 Å². The number of allylic oxidation sites excluding steroid dienone is 1. The van der Waals surface area contributed by atoms with Crippen molar-refractivity contribution in [1.29, 1.82) is 0 Å². The Morgan fingerprint density at radius 1 is 0.500 bits per heavy atom. The van der Waals surface area contributed by atoms with Gasteiger partial charge in [-0.1, -0.05) is 66.7 Å². The van der Waals surface area contributed by atoms with E-state index in [-0.39, 0.29) is 0 Å². The number of aliphatic imine (C=N–C) groups is 1. The summed E-state index contributed by atoms with van der Waals surface area (Å²) in [6.45, 7) is 0. The fourth-order valence-electron chi connectivity index (χ4n) is 4.16. The smallest absolute Gasteiger partial charge is 0.0980 e. The monoisotopic (exact) mass is 382 g/mol. The van der Waals surface area contributed by atoms with Gasteiger partial charge in [0.05, 0.1) is 16.8 Å². The quantitative estimate of drug-likeness (QED) is 0.314. The zero-order valence-corrected chi connectivity index (χ0v) is 16.3. The molecule has 30 heavy (non-hydrogen) atoms. The molecule has 2 aliphatic heterocycles. The third-order valence-corrected chi connectivity index (χ3v) is 5.65. The predicted molar refractivity (Wildman–Crippen MR) is 126 cm³/mol. The van der Waals surface area contributed by atoms with Crippen LogP contribution in [0.4, 0.5) is 0 Å². The summed E-state index contributed by atoms with van der Waals surface area (Å²) in [5.41, 5.74) is 2.02. The molecule has 0 N–H and O–H groups in total. The van der Waals surface area contributed by atoms with E-state index >= 15 is 0 Å². The standard InChI is InChI=1S/C18H12.C10H6N2/c1-2-6-14-10-18-12-16-8-4-3-7-15(16)11-17(18)9-13(14)5-1;1-2-4-8-7(3-1)10-9(12-8)5-6-11-10/h1-12H;1-6H. The van der Waals surface area contributed by atoms with Gasteiger partial charge in [-0.25, -0.2) is 4.99 Å². The van der Waals surface area contributed by atoms with Crippen molar-refractivity contribution in [3.8, 4) is 0 Å². The first-order valence-electron chi connectivity index (χ1n) is 10.1. The third kappa shape index (κ3) is 2.82. The van der Waals surface area contributed by atoms with Crippen LogP contribution >= 0.6 is 0 Å². The molecule has 0 atom stereocenters. The minimum atomic E-state index is 0.996. The molecule has 0 aromatic heterocycles. The molecule has 0 spiro atoms. The molecule has 0 fully saturated rings. The Kier molecular flexibility index (Phi) is 3.82.